The van der Waals surface area contributed by atoms with Gasteiger partial charge < -0.3 is 19.6 Å². The number of hydrogen-bond acceptors (Lipinski definition) is 5. The van der Waals surface area contributed by atoms with Crippen molar-refractivity contribution in [2.24, 2.45) is 0 Å². The summed E-state index contributed by atoms with van der Waals surface area (Å²) in [6, 6.07) is 3.86. The molecular formula is C15H23N3O3. The Hall–Kier alpha value is -1.79. The average Bonchev–Trinajstić information content (AvgIpc) is 2.93. The van der Waals surface area contributed by atoms with Crippen molar-refractivity contribution in [2.45, 2.75) is 19.9 Å². The predicted molar refractivity (Wildman–Crippen MR) is 81.9 cm³/mol. The van der Waals surface area contributed by atoms with Gasteiger partial charge in [-0.05, 0) is 13.5 Å². The molecule has 0 spiro atoms. The number of nitrogens with zero attached hydrogens (tertiary/aromatic N) is 2. The Balaban J connectivity index is 2.37. The average molecular weight is 293 g/mol. The Morgan fingerprint density at radius 2 is 1.95 bits per heavy atom. The van der Waals surface area contributed by atoms with Gasteiger partial charge in [0.05, 0.1) is 37.9 Å². The normalized spacial score (nSPS) is 12.9. The minimum Gasteiger partial charge on any atom is -0.493 e. The summed E-state index contributed by atoms with van der Waals surface area (Å²) in [7, 11) is 3.23. The molecule has 1 aromatic carbocycles. The monoisotopic (exact) mass is 293 g/mol. The maximum absolute atomic E-state index is 9.13. The molecule has 0 fully saturated rings. The highest BCUT2D eigenvalue weighted by molar-refractivity contribution is 5.79. The predicted octanol–water partition coefficient (Wildman–Crippen LogP) is 1.96. The van der Waals surface area contributed by atoms with Crippen LogP contribution in [0.4, 0.5) is 0 Å². The number of fused-ring (bicyclic) bond motifs is 1. The van der Waals surface area contributed by atoms with Gasteiger partial charge >= 0.3 is 0 Å². The van der Waals surface area contributed by atoms with Gasteiger partial charge in [0.1, 0.15) is 5.82 Å². The van der Waals surface area contributed by atoms with Gasteiger partial charge in [0.15, 0.2) is 11.5 Å². The zero-order valence-corrected chi connectivity index (χ0v) is 13.0. The van der Waals surface area contributed by atoms with Crippen LogP contribution in [0.5, 0.6) is 11.5 Å². The summed E-state index contributed by atoms with van der Waals surface area (Å²) >= 11 is 0. The fourth-order valence-electron chi connectivity index (χ4n) is 2.48. The van der Waals surface area contributed by atoms with Crippen LogP contribution in [0.3, 0.4) is 0 Å². The number of imidazole rings is 1. The number of methoxy groups -OCH3 is 2. The SMILES string of the molecule is CCN(CCO)C(C)c1nc2cc(OC)c(OC)cc2[nH]1. The first kappa shape index (κ1) is 15.6. The van der Waals surface area contributed by atoms with Crippen LogP contribution in [0.15, 0.2) is 12.1 Å². The molecule has 0 radical (unpaired) electrons. The van der Waals surface area contributed by atoms with Crippen molar-refractivity contribution < 1.29 is 14.6 Å². The van der Waals surface area contributed by atoms with E-state index in [4.69, 9.17) is 14.6 Å². The summed E-state index contributed by atoms with van der Waals surface area (Å²) in [4.78, 5) is 10.1. The number of hydrogen-bond donors (Lipinski definition) is 2. The highest BCUT2D eigenvalue weighted by Crippen LogP contribution is 2.32. The minimum atomic E-state index is 0.103. The maximum Gasteiger partial charge on any atom is 0.163 e. The Kier molecular flexibility index (Phi) is 5.03. The lowest BCUT2D eigenvalue weighted by molar-refractivity contribution is 0.161. The molecule has 0 aliphatic carbocycles. The van der Waals surface area contributed by atoms with Crippen LogP contribution in [0.1, 0.15) is 25.7 Å². The molecule has 0 aliphatic rings. The molecule has 116 valence electrons. The Morgan fingerprint density at radius 1 is 1.29 bits per heavy atom. The van der Waals surface area contributed by atoms with Gasteiger partial charge in [-0.1, -0.05) is 6.92 Å². The lowest BCUT2D eigenvalue weighted by Gasteiger charge is -2.25. The zero-order valence-electron chi connectivity index (χ0n) is 13.0. The molecule has 2 aromatic rings. The van der Waals surface area contributed by atoms with E-state index in [1.165, 1.54) is 0 Å². The highest BCUT2D eigenvalue weighted by Gasteiger charge is 2.18. The first-order valence-electron chi connectivity index (χ1n) is 7.11. The van der Waals surface area contributed by atoms with Gasteiger partial charge in [-0.2, -0.15) is 0 Å². The molecule has 1 aromatic heterocycles. The molecule has 0 saturated heterocycles. The third-order valence-electron chi connectivity index (χ3n) is 3.74. The van der Waals surface area contributed by atoms with Crippen LogP contribution in [-0.4, -0.2) is 53.9 Å². The molecule has 21 heavy (non-hydrogen) atoms. The summed E-state index contributed by atoms with van der Waals surface area (Å²) in [6.45, 7) is 5.76. The van der Waals surface area contributed by atoms with E-state index in [0.29, 0.717) is 18.0 Å². The van der Waals surface area contributed by atoms with E-state index in [2.05, 4.69) is 28.7 Å². The molecule has 0 saturated carbocycles. The summed E-state index contributed by atoms with van der Waals surface area (Å²) < 4.78 is 10.6. The fraction of sp³-hybridized carbons (Fsp3) is 0.533. The summed E-state index contributed by atoms with van der Waals surface area (Å²) in [5.74, 6) is 2.21. The van der Waals surface area contributed by atoms with Crippen molar-refractivity contribution >= 4 is 11.0 Å². The van der Waals surface area contributed by atoms with Crippen LogP contribution in [-0.2, 0) is 0 Å². The second kappa shape index (κ2) is 6.78. The number of aliphatic hydroxyl groups excluding tert-OH is 1. The molecule has 6 nitrogen and oxygen atoms in total. The van der Waals surface area contributed by atoms with Gasteiger partial charge in [-0.15, -0.1) is 0 Å². The molecular weight excluding hydrogens is 270 g/mol. The zero-order chi connectivity index (χ0) is 15.4. The van der Waals surface area contributed by atoms with E-state index in [9.17, 15) is 0 Å². The molecule has 2 rings (SSSR count). The van der Waals surface area contributed by atoms with Crippen molar-refractivity contribution in [2.75, 3.05) is 33.9 Å². The van der Waals surface area contributed by atoms with Crippen molar-refractivity contribution in [3.05, 3.63) is 18.0 Å². The Morgan fingerprint density at radius 3 is 2.52 bits per heavy atom. The van der Waals surface area contributed by atoms with Crippen LogP contribution >= 0.6 is 0 Å². The summed E-state index contributed by atoms with van der Waals surface area (Å²) in [6.07, 6.45) is 0. The van der Waals surface area contributed by atoms with Gasteiger partial charge in [-0.3, -0.25) is 4.90 Å². The Labute approximate surface area is 124 Å². The second-order valence-corrected chi connectivity index (χ2v) is 4.87. The number of likely N-dealkylation sites (N-methyl/N-ethyl adjacent to an activating group) is 1. The van der Waals surface area contributed by atoms with Crippen LogP contribution in [0, 0.1) is 0 Å². The molecule has 0 amide bonds. The number of nitrogens with one attached hydrogen (secondary N) is 1. The summed E-state index contributed by atoms with van der Waals surface area (Å²) in [5.41, 5.74) is 1.75. The lowest BCUT2D eigenvalue weighted by atomic mass is 10.2. The van der Waals surface area contributed by atoms with Crippen molar-refractivity contribution in [1.82, 2.24) is 14.9 Å². The second-order valence-electron chi connectivity index (χ2n) is 4.87. The van der Waals surface area contributed by atoms with E-state index in [1.807, 2.05) is 12.1 Å². The van der Waals surface area contributed by atoms with Crippen molar-refractivity contribution in [1.29, 1.82) is 0 Å². The van der Waals surface area contributed by atoms with Gasteiger partial charge in [0.25, 0.3) is 0 Å². The molecule has 1 atom stereocenters. The smallest absolute Gasteiger partial charge is 0.163 e. The molecule has 1 unspecified atom stereocenters. The summed E-state index contributed by atoms with van der Waals surface area (Å²) in [5, 5.41) is 9.13. The number of benzene rings is 1. The number of aromatic nitrogens is 2. The standard InChI is InChI=1S/C15H23N3O3/c1-5-18(6-7-19)10(2)15-16-11-8-13(20-3)14(21-4)9-12(11)17-15/h8-10,19H,5-7H2,1-4H3,(H,16,17). The van der Waals surface area contributed by atoms with Gasteiger partial charge in [0, 0.05) is 18.7 Å². The highest BCUT2D eigenvalue weighted by atomic mass is 16.5. The lowest BCUT2D eigenvalue weighted by Crippen LogP contribution is -2.30. The molecule has 0 bridgehead atoms. The van der Waals surface area contributed by atoms with Crippen molar-refractivity contribution in [3.8, 4) is 11.5 Å². The van der Waals surface area contributed by atoms with E-state index < -0.39 is 0 Å². The molecule has 6 heteroatoms. The quantitative estimate of drug-likeness (QED) is 0.816. The third-order valence-corrected chi connectivity index (χ3v) is 3.74. The Bertz CT molecular complexity index is 556. The maximum atomic E-state index is 9.13. The van der Waals surface area contributed by atoms with E-state index >= 15 is 0 Å². The molecule has 2 N–H and O–H groups in total. The molecule has 0 aliphatic heterocycles. The van der Waals surface area contributed by atoms with Crippen LogP contribution in [0.25, 0.3) is 11.0 Å². The number of H-pyrrole nitrogens is 1. The fourth-order valence-corrected chi connectivity index (χ4v) is 2.48. The molecule has 1 heterocycles. The number of ether oxygens (including phenoxy) is 2. The van der Waals surface area contributed by atoms with E-state index in [1.54, 1.807) is 14.2 Å². The van der Waals surface area contributed by atoms with E-state index in [-0.39, 0.29) is 12.6 Å². The number of rotatable bonds is 7. The van der Waals surface area contributed by atoms with Gasteiger partial charge in [0.2, 0.25) is 0 Å². The first-order chi connectivity index (χ1) is 10.1. The number of aliphatic hydroxyl groups is 1. The third kappa shape index (κ3) is 3.11. The van der Waals surface area contributed by atoms with Gasteiger partial charge in [-0.25, -0.2) is 4.98 Å². The minimum absolute atomic E-state index is 0.103. The first-order valence-corrected chi connectivity index (χ1v) is 7.11. The number of aromatic amines is 1. The van der Waals surface area contributed by atoms with Crippen LogP contribution in [0.2, 0.25) is 0 Å². The van der Waals surface area contributed by atoms with Crippen molar-refractivity contribution in [3.63, 3.8) is 0 Å². The van der Waals surface area contributed by atoms with Crippen LogP contribution < -0.4 is 9.47 Å². The van der Waals surface area contributed by atoms with E-state index in [0.717, 1.165) is 23.4 Å². The largest absolute Gasteiger partial charge is 0.493 e. The topological polar surface area (TPSA) is 70.6 Å².